The molecule has 43 heavy (non-hydrogen) atoms. The van der Waals surface area contributed by atoms with Gasteiger partial charge in [0.05, 0.1) is 46.5 Å². The van der Waals surface area contributed by atoms with Crippen molar-refractivity contribution in [2.24, 2.45) is 15.0 Å². The van der Waals surface area contributed by atoms with Gasteiger partial charge in [-0.05, 0) is 106 Å². The minimum Gasteiger partial charge on any atom is -0.379 e. The largest absolute Gasteiger partial charge is 0.379 e. The highest BCUT2D eigenvalue weighted by molar-refractivity contribution is 6.18. The van der Waals surface area contributed by atoms with E-state index in [9.17, 15) is 5.11 Å². The van der Waals surface area contributed by atoms with Crippen molar-refractivity contribution in [1.29, 1.82) is 0 Å². The van der Waals surface area contributed by atoms with Crippen LogP contribution in [-0.2, 0) is 4.84 Å². The topological polar surface area (TPSA) is 90.6 Å². The van der Waals surface area contributed by atoms with E-state index in [0.29, 0.717) is 17.9 Å². The third-order valence-electron chi connectivity index (χ3n) is 8.55. The minimum absolute atomic E-state index is 0.517. The molecule has 224 valence electrons. The smallest absolute Gasteiger partial charge is 0.129 e. The molecule has 0 aromatic heterocycles. The van der Waals surface area contributed by atoms with Crippen LogP contribution in [0.25, 0.3) is 0 Å². The first-order valence-electron chi connectivity index (χ1n) is 15.3. The van der Waals surface area contributed by atoms with E-state index in [2.05, 4.69) is 64.1 Å². The van der Waals surface area contributed by atoms with Crippen LogP contribution < -0.4 is 10.8 Å². The van der Waals surface area contributed by atoms with Crippen molar-refractivity contribution < 1.29 is 9.94 Å². The van der Waals surface area contributed by atoms with Crippen molar-refractivity contribution in [1.82, 2.24) is 10.8 Å². The first-order valence-corrected chi connectivity index (χ1v) is 15.3. The molecule has 5 aliphatic heterocycles. The third kappa shape index (κ3) is 5.55. The highest BCUT2D eigenvalue weighted by Gasteiger charge is 2.39. The van der Waals surface area contributed by atoms with Gasteiger partial charge in [0.25, 0.3) is 0 Å². The maximum atomic E-state index is 12.0. The molecule has 0 saturated heterocycles. The molecular weight excluding hydrogens is 534 g/mol. The van der Waals surface area contributed by atoms with Gasteiger partial charge in [0.2, 0.25) is 0 Å². The Balaban J connectivity index is 1.78. The summed E-state index contributed by atoms with van der Waals surface area (Å²) in [5, 5.41) is 15.5. The van der Waals surface area contributed by atoms with Gasteiger partial charge in [-0.25, -0.2) is 15.0 Å². The highest BCUT2D eigenvalue weighted by Crippen LogP contribution is 2.40. The summed E-state index contributed by atoms with van der Waals surface area (Å²) in [6.45, 7) is 19.0. The molecule has 5 rings (SSSR count). The van der Waals surface area contributed by atoms with E-state index < -0.39 is 5.60 Å². The number of hydroxylamine groups is 1. The molecule has 7 nitrogen and oxygen atoms in total. The van der Waals surface area contributed by atoms with Gasteiger partial charge in [-0.1, -0.05) is 39.3 Å². The van der Waals surface area contributed by atoms with Crippen LogP contribution in [0.15, 0.2) is 132 Å². The van der Waals surface area contributed by atoms with Crippen LogP contribution in [0.1, 0.15) is 74.1 Å². The molecule has 8 bridgehead atoms. The monoisotopic (exact) mass is 577 g/mol. The number of fused-ring (bicyclic) bond motifs is 5. The summed E-state index contributed by atoms with van der Waals surface area (Å²) >= 11 is 0. The zero-order chi connectivity index (χ0) is 30.9. The molecule has 1 unspecified atom stereocenters. The van der Waals surface area contributed by atoms with Crippen LogP contribution in [0, 0.1) is 0 Å². The second kappa shape index (κ2) is 12.3. The van der Waals surface area contributed by atoms with Crippen molar-refractivity contribution >= 4 is 17.1 Å². The Labute approximate surface area is 255 Å². The second-order valence-corrected chi connectivity index (χ2v) is 11.5. The van der Waals surface area contributed by atoms with Gasteiger partial charge in [0.15, 0.2) is 0 Å². The summed E-state index contributed by atoms with van der Waals surface area (Å²) in [5.41, 5.74) is 15.6. The normalized spacial score (nSPS) is 23.4. The lowest BCUT2D eigenvalue weighted by Gasteiger charge is -2.21. The van der Waals surface area contributed by atoms with Crippen LogP contribution in [0.5, 0.6) is 0 Å². The summed E-state index contributed by atoms with van der Waals surface area (Å²) in [4.78, 5) is 20.6. The SMILES string of the molecule is C=CC1=C(C)C2=CC3=C(/C=C/NOCC)C(C)(O)C(=CC4=NC(=CC5=NC(=CC1=N2)C(C)=C5CCC)C(CCC)=C4C)N3. The predicted octanol–water partition coefficient (Wildman–Crippen LogP) is 7.30. The summed E-state index contributed by atoms with van der Waals surface area (Å²) in [6, 6.07) is 0. The van der Waals surface area contributed by atoms with Gasteiger partial charge in [0, 0.05) is 23.0 Å². The number of aliphatic imine (C=N–C) groups is 3. The molecule has 0 amide bonds. The van der Waals surface area contributed by atoms with Gasteiger partial charge in [-0.2, -0.15) is 0 Å². The molecule has 0 fully saturated rings. The number of nitrogens with one attached hydrogen (secondary N) is 2. The third-order valence-corrected chi connectivity index (χ3v) is 8.55. The van der Waals surface area contributed by atoms with Crippen molar-refractivity contribution in [3.8, 4) is 0 Å². The van der Waals surface area contributed by atoms with Gasteiger partial charge in [0.1, 0.15) is 5.60 Å². The first-order chi connectivity index (χ1) is 20.6. The number of aliphatic hydroxyl groups is 1. The van der Waals surface area contributed by atoms with E-state index >= 15 is 0 Å². The molecule has 0 radical (unpaired) electrons. The number of rotatable bonds is 9. The summed E-state index contributed by atoms with van der Waals surface area (Å²) in [6.07, 6.45) is 17.5. The van der Waals surface area contributed by atoms with Crippen LogP contribution in [0.3, 0.4) is 0 Å². The fourth-order valence-corrected chi connectivity index (χ4v) is 6.08. The van der Waals surface area contributed by atoms with Gasteiger partial charge < -0.3 is 10.4 Å². The lowest BCUT2D eigenvalue weighted by Crippen LogP contribution is -2.29. The van der Waals surface area contributed by atoms with Crippen LogP contribution in [0.2, 0.25) is 0 Å². The number of hydrogen-bond donors (Lipinski definition) is 3. The fraction of sp³-hybridized carbons (Fsp3) is 0.361. The quantitative estimate of drug-likeness (QED) is 0.198. The Hall–Kier alpha value is -4.07. The zero-order valence-corrected chi connectivity index (χ0v) is 26.5. The van der Waals surface area contributed by atoms with Crippen LogP contribution in [-0.4, -0.2) is 34.4 Å². The van der Waals surface area contributed by atoms with E-state index in [1.54, 1.807) is 13.1 Å². The Kier molecular flexibility index (Phi) is 8.67. The minimum atomic E-state index is -1.31. The zero-order valence-electron chi connectivity index (χ0n) is 26.5. The fourth-order valence-electron chi connectivity index (χ4n) is 6.08. The lowest BCUT2D eigenvalue weighted by atomic mass is 9.92. The standard InChI is InChI=1S/C36H43N5O2/c1-9-13-25-22(6)28-17-31-24(11-3)21(5)29(38-31)18-34-27(15-16-37-43-12-4)36(8,42)35(41-34)20-30-23(7)26(14-10-2)33(40-30)19-32(25)39-28/h11,15-20,37,41-42H,3,9-10,12-14H2,1-2,4-8H3/b16-15+,28-17?,29-18?,33-19?,35-20?. The van der Waals surface area contributed by atoms with E-state index in [4.69, 9.17) is 19.8 Å². The van der Waals surface area contributed by atoms with Crippen molar-refractivity contribution in [2.75, 3.05) is 6.61 Å². The van der Waals surface area contributed by atoms with E-state index in [0.717, 1.165) is 82.3 Å². The van der Waals surface area contributed by atoms with Crippen molar-refractivity contribution in [2.45, 2.75) is 79.8 Å². The van der Waals surface area contributed by atoms with E-state index in [1.807, 2.05) is 31.2 Å². The summed E-state index contributed by atoms with van der Waals surface area (Å²) in [5.74, 6) is 0. The van der Waals surface area contributed by atoms with Crippen molar-refractivity contribution in [3.63, 3.8) is 0 Å². The molecule has 3 N–H and O–H groups in total. The lowest BCUT2D eigenvalue weighted by molar-refractivity contribution is 0.0822. The van der Waals surface area contributed by atoms with E-state index in [-0.39, 0.29) is 0 Å². The van der Waals surface area contributed by atoms with Gasteiger partial charge >= 0.3 is 0 Å². The molecule has 0 aliphatic carbocycles. The molecule has 0 aromatic carbocycles. The van der Waals surface area contributed by atoms with Crippen molar-refractivity contribution in [3.05, 3.63) is 117 Å². The van der Waals surface area contributed by atoms with Crippen LogP contribution in [0.4, 0.5) is 0 Å². The molecule has 1 atom stereocenters. The number of nitrogens with zero attached hydrogens (tertiary/aromatic N) is 3. The molecule has 5 heterocycles. The Morgan fingerprint density at radius 3 is 2.21 bits per heavy atom. The van der Waals surface area contributed by atoms with E-state index in [1.165, 1.54) is 16.7 Å². The molecule has 0 aromatic rings. The second-order valence-electron chi connectivity index (χ2n) is 11.5. The Morgan fingerprint density at radius 2 is 1.51 bits per heavy atom. The highest BCUT2D eigenvalue weighted by atomic mass is 16.6. The first kappa shape index (κ1) is 30.4. The summed E-state index contributed by atoms with van der Waals surface area (Å²) in [7, 11) is 0. The summed E-state index contributed by atoms with van der Waals surface area (Å²) < 4.78 is 0. The molecule has 0 saturated carbocycles. The number of allylic oxidation sites excluding steroid dienone is 11. The maximum Gasteiger partial charge on any atom is 0.129 e. The predicted molar refractivity (Wildman–Crippen MR) is 177 cm³/mol. The van der Waals surface area contributed by atoms with Crippen LogP contribution >= 0.6 is 0 Å². The van der Waals surface area contributed by atoms with Gasteiger partial charge in [-0.3, -0.25) is 10.3 Å². The molecule has 5 aliphatic rings. The molecule has 0 spiro atoms. The number of hydrogen-bond acceptors (Lipinski definition) is 7. The average Bonchev–Trinajstić information content (AvgIpc) is 3.60. The maximum absolute atomic E-state index is 12.0. The van der Waals surface area contributed by atoms with Gasteiger partial charge in [-0.15, -0.1) is 0 Å². The molecular formula is C36H43N5O2. The Bertz CT molecular complexity index is 1640. The average molecular weight is 578 g/mol. The molecule has 7 heteroatoms. The Morgan fingerprint density at radius 1 is 0.860 bits per heavy atom.